The van der Waals surface area contributed by atoms with Crippen molar-refractivity contribution in [1.29, 1.82) is 5.26 Å². The fourth-order valence-electron chi connectivity index (χ4n) is 7.57. The molecule has 1 aliphatic rings. The molecule has 8 aromatic rings. The first-order chi connectivity index (χ1) is 23.2. The largest absolute Gasteiger partial charge is 0.309 e. The van der Waals surface area contributed by atoms with Crippen LogP contribution >= 0.6 is 0 Å². The SMILES string of the molecule is N#Cc1ccc(-c2cccc(CC3c4ccccc4-c4cc(-c5ccc6c(c5)c5ccccc5n6-c5ccccc5)ccc43)c2)cc1. The van der Waals surface area contributed by atoms with E-state index < -0.39 is 0 Å². The van der Waals surface area contributed by atoms with Crippen molar-refractivity contribution < 1.29 is 0 Å². The highest BCUT2D eigenvalue weighted by Gasteiger charge is 2.29. The molecule has 0 spiro atoms. The number of nitrogens with zero attached hydrogens (tertiary/aromatic N) is 2. The molecule has 0 amide bonds. The number of para-hydroxylation sites is 2. The molecule has 1 aliphatic carbocycles. The van der Waals surface area contributed by atoms with Gasteiger partial charge >= 0.3 is 0 Å². The van der Waals surface area contributed by atoms with Gasteiger partial charge in [-0.3, -0.25) is 0 Å². The second-order valence-electron chi connectivity index (χ2n) is 12.5. The van der Waals surface area contributed by atoms with Crippen LogP contribution in [0.1, 0.15) is 28.2 Å². The number of hydrogen-bond donors (Lipinski definition) is 0. The van der Waals surface area contributed by atoms with Crippen LogP contribution in [-0.2, 0) is 6.42 Å². The zero-order chi connectivity index (χ0) is 31.3. The van der Waals surface area contributed by atoms with Gasteiger partial charge < -0.3 is 4.57 Å². The highest BCUT2D eigenvalue weighted by Crippen LogP contribution is 2.48. The number of aromatic nitrogens is 1. The van der Waals surface area contributed by atoms with Crippen molar-refractivity contribution in [2.24, 2.45) is 0 Å². The predicted molar refractivity (Wildman–Crippen MR) is 194 cm³/mol. The fraction of sp³-hybridized carbons (Fsp3) is 0.0444. The summed E-state index contributed by atoms with van der Waals surface area (Å²) in [5.74, 6) is 0.290. The Labute approximate surface area is 274 Å². The third kappa shape index (κ3) is 4.56. The lowest BCUT2D eigenvalue weighted by molar-refractivity contribution is 0.827. The van der Waals surface area contributed by atoms with Crippen LogP contribution in [0.4, 0.5) is 0 Å². The average molecular weight is 599 g/mol. The van der Waals surface area contributed by atoms with E-state index in [1.165, 1.54) is 72.0 Å². The maximum absolute atomic E-state index is 9.21. The summed E-state index contributed by atoms with van der Waals surface area (Å²) in [6, 6.07) is 61.2. The summed E-state index contributed by atoms with van der Waals surface area (Å²) in [4.78, 5) is 0. The van der Waals surface area contributed by atoms with Gasteiger partial charge in [0, 0.05) is 22.4 Å². The first-order valence-corrected chi connectivity index (χ1v) is 16.2. The third-order valence-electron chi connectivity index (χ3n) is 9.79. The van der Waals surface area contributed by atoms with E-state index in [0.717, 1.165) is 12.0 Å². The Hall–Kier alpha value is -6.17. The van der Waals surface area contributed by atoms with E-state index in [1.54, 1.807) is 0 Å². The van der Waals surface area contributed by atoms with Gasteiger partial charge in [0.15, 0.2) is 0 Å². The number of rotatable bonds is 5. The lowest BCUT2D eigenvalue weighted by Crippen LogP contribution is -2.01. The summed E-state index contributed by atoms with van der Waals surface area (Å²) < 4.78 is 2.37. The van der Waals surface area contributed by atoms with Crippen molar-refractivity contribution >= 4 is 21.8 Å². The highest BCUT2D eigenvalue weighted by molar-refractivity contribution is 6.10. The summed E-state index contributed by atoms with van der Waals surface area (Å²) in [6.45, 7) is 0. The van der Waals surface area contributed by atoms with Crippen molar-refractivity contribution in [1.82, 2.24) is 4.57 Å². The van der Waals surface area contributed by atoms with E-state index in [0.29, 0.717) is 5.56 Å². The molecule has 2 nitrogen and oxygen atoms in total. The Kier molecular flexibility index (Phi) is 6.37. The number of nitriles is 1. The minimum atomic E-state index is 0.290. The van der Waals surface area contributed by atoms with Gasteiger partial charge in [-0.25, -0.2) is 0 Å². The van der Waals surface area contributed by atoms with Crippen molar-refractivity contribution in [3.05, 3.63) is 186 Å². The molecular weight excluding hydrogens is 569 g/mol. The molecule has 0 saturated heterocycles. The summed E-state index contributed by atoms with van der Waals surface area (Å²) in [5.41, 5.74) is 15.8. The van der Waals surface area contributed by atoms with Gasteiger partial charge in [-0.15, -0.1) is 0 Å². The van der Waals surface area contributed by atoms with Gasteiger partial charge in [-0.05, 0) is 105 Å². The maximum Gasteiger partial charge on any atom is 0.0991 e. The quantitative estimate of drug-likeness (QED) is 0.194. The summed E-state index contributed by atoms with van der Waals surface area (Å²) in [6.07, 6.45) is 0.929. The molecule has 47 heavy (non-hydrogen) atoms. The summed E-state index contributed by atoms with van der Waals surface area (Å²) in [5, 5.41) is 11.7. The Balaban J connectivity index is 1.11. The molecular formula is C45H30N2. The second-order valence-corrected chi connectivity index (χ2v) is 12.5. The zero-order valence-electron chi connectivity index (χ0n) is 25.8. The predicted octanol–water partition coefficient (Wildman–Crippen LogP) is 11.3. The summed E-state index contributed by atoms with van der Waals surface area (Å²) >= 11 is 0. The van der Waals surface area contributed by atoms with Crippen molar-refractivity contribution in [3.63, 3.8) is 0 Å². The first-order valence-electron chi connectivity index (χ1n) is 16.2. The maximum atomic E-state index is 9.21. The van der Waals surface area contributed by atoms with Crippen LogP contribution in [0.25, 0.3) is 60.9 Å². The Morgan fingerprint density at radius 1 is 0.489 bits per heavy atom. The molecule has 1 unspecified atom stereocenters. The van der Waals surface area contributed by atoms with Gasteiger partial charge in [-0.2, -0.15) is 5.26 Å². The Morgan fingerprint density at radius 3 is 2.04 bits per heavy atom. The van der Waals surface area contributed by atoms with Crippen LogP contribution < -0.4 is 0 Å². The molecule has 0 saturated carbocycles. The number of benzene rings is 7. The normalized spacial score (nSPS) is 13.4. The van der Waals surface area contributed by atoms with E-state index >= 15 is 0 Å². The lowest BCUT2D eigenvalue weighted by Gasteiger charge is -2.15. The number of fused-ring (bicyclic) bond motifs is 6. The second kappa shape index (κ2) is 11.0. The zero-order valence-corrected chi connectivity index (χ0v) is 25.8. The molecule has 1 aromatic heterocycles. The minimum Gasteiger partial charge on any atom is -0.309 e. The molecule has 2 heteroatoms. The van der Waals surface area contributed by atoms with Crippen LogP contribution in [0, 0.1) is 11.3 Å². The fourth-order valence-corrected chi connectivity index (χ4v) is 7.57. The van der Waals surface area contributed by atoms with Crippen molar-refractivity contribution in [2.45, 2.75) is 12.3 Å². The van der Waals surface area contributed by atoms with Crippen LogP contribution in [0.2, 0.25) is 0 Å². The van der Waals surface area contributed by atoms with E-state index in [4.69, 9.17) is 0 Å². The van der Waals surface area contributed by atoms with Crippen LogP contribution in [0.5, 0.6) is 0 Å². The van der Waals surface area contributed by atoms with Crippen LogP contribution in [-0.4, -0.2) is 4.57 Å². The third-order valence-corrected chi connectivity index (χ3v) is 9.79. The van der Waals surface area contributed by atoms with Crippen LogP contribution in [0.15, 0.2) is 164 Å². The van der Waals surface area contributed by atoms with Gasteiger partial charge in [-0.1, -0.05) is 115 Å². The molecule has 0 aliphatic heterocycles. The smallest absolute Gasteiger partial charge is 0.0991 e. The molecule has 1 heterocycles. The van der Waals surface area contributed by atoms with Gasteiger partial charge in [0.2, 0.25) is 0 Å². The van der Waals surface area contributed by atoms with E-state index in [1.807, 2.05) is 24.3 Å². The topological polar surface area (TPSA) is 28.7 Å². The molecule has 9 rings (SSSR count). The molecule has 220 valence electrons. The highest BCUT2D eigenvalue weighted by atomic mass is 15.0. The van der Waals surface area contributed by atoms with Crippen LogP contribution in [0.3, 0.4) is 0 Å². The average Bonchev–Trinajstić information content (AvgIpc) is 3.64. The molecule has 7 aromatic carbocycles. The monoisotopic (exact) mass is 598 g/mol. The Bertz CT molecular complexity index is 2490. The molecule has 1 atom stereocenters. The molecule has 0 N–H and O–H groups in total. The molecule has 0 bridgehead atoms. The van der Waals surface area contributed by atoms with E-state index in [9.17, 15) is 5.26 Å². The van der Waals surface area contributed by atoms with Gasteiger partial charge in [0.05, 0.1) is 22.7 Å². The van der Waals surface area contributed by atoms with E-state index in [2.05, 4.69) is 150 Å². The van der Waals surface area contributed by atoms with Gasteiger partial charge in [0.25, 0.3) is 0 Å². The Morgan fingerprint density at radius 2 is 1.17 bits per heavy atom. The standard InChI is InChI=1S/C45H30N2/c46-29-30-17-19-32(20-18-30)33-10-8-9-31(25-33)26-41-37-13-4-5-14-38(37)42-27-34(21-23-39(41)42)35-22-24-45-43(28-35)40-15-6-7-16-44(40)47(45)36-11-2-1-3-12-36/h1-25,27-28,41H,26H2. The summed E-state index contributed by atoms with van der Waals surface area (Å²) in [7, 11) is 0. The van der Waals surface area contributed by atoms with Crippen molar-refractivity contribution in [2.75, 3.05) is 0 Å². The minimum absolute atomic E-state index is 0.290. The molecule has 0 radical (unpaired) electrons. The first kappa shape index (κ1) is 27.2. The van der Waals surface area contributed by atoms with Crippen molar-refractivity contribution in [3.8, 4) is 45.1 Å². The lowest BCUT2D eigenvalue weighted by atomic mass is 9.88. The van der Waals surface area contributed by atoms with E-state index in [-0.39, 0.29) is 5.92 Å². The van der Waals surface area contributed by atoms with Gasteiger partial charge in [0.1, 0.15) is 0 Å². The number of hydrogen-bond acceptors (Lipinski definition) is 1. The molecule has 0 fully saturated rings.